The van der Waals surface area contributed by atoms with Crippen LogP contribution in [0.2, 0.25) is 0 Å². The van der Waals surface area contributed by atoms with Crippen molar-refractivity contribution >= 4 is 21.6 Å². The molecule has 3 aromatic rings. The predicted molar refractivity (Wildman–Crippen MR) is 125 cm³/mol. The lowest BCUT2D eigenvalue weighted by atomic mass is 10.0. The number of aryl methyl sites for hydroxylation is 3. The number of nitrogens with one attached hydrogen (secondary N) is 1. The molecular weight excluding hydrogens is 408 g/mol. The van der Waals surface area contributed by atoms with Crippen LogP contribution in [0.15, 0.2) is 71.6 Å². The molecule has 3 aromatic carbocycles. The molecule has 0 fully saturated rings. The van der Waals surface area contributed by atoms with Crippen LogP contribution in [-0.2, 0) is 10.0 Å². The van der Waals surface area contributed by atoms with Gasteiger partial charge in [-0.2, -0.15) is 0 Å². The van der Waals surface area contributed by atoms with Crippen LogP contribution >= 0.6 is 0 Å². The zero-order valence-electron chi connectivity index (χ0n) is 18.5. The van der Waals surface area contributed by atoms with E-state index in [1.165, 1.54) is 29.0 Å². The first-order valence-electron chi connectivity index (χ1n) is 10.1. The Hall–Kier alpha value is -3.12. The Kier molecular flexibility index (Phi) is 6.51. The van der Waals surface area contributed by atoms with Gasteiger partial charge in [0.2, 0.25) is 0 Å². The van der Waals surface area contributed by atoms with Gasteiger partial charge in [0.25, 0.3) is 15.9 Å². The highest BCUT2D eigenvalue weighted by atomic mass is 32.2. The molecule has 0 aliphatic carbocycles. The van der Waals surface area contributed by atoms with E-state index in [1.54, 1.807) is 24.3 Å². The van der Waals surface area contributed by atoms with Crippen molar-refractivity contribution < 1.29 is 13.2 Å². The zero-order chi connectivity index (χ0) is 22.8. The van der Waals surface area contributed by atoms with E-state index in [4.69, 9.17) is 0 Å². The molecule has 0 aliphatic rings. The molecule has 0 radical (unpaired) electrons. The van der Waals surface area contributed by atoms with Gasteiger partial charge in [-0.15, -0.1) is 0 Å². The van der Waals surface area contributed by atoms with Crippen LogP contribution in [0.25, 0.3) is 0 Å². The fourth-order valence-corrected chi connectivity index (χ4v) is 4.49. The maximum atomic E-state index is 13.1. The van der Waals surface area contributed by atoms with E-state index in [0.29, 0.717) is 11.3 Å². The molecule has 5 nitrogen and oxygen atoms in total. The van der Waals surface area contributed by atoms with Crippen LogP contribution in [0.5, 0.6) is 0 Å². The summed E-state index contributed by atoms with van der Waals surface area (Å²) in [4.78, 5) is 12.9. The summed E-state index contributed by atoms with van der Waals surface area (Å²) >= 11 is 0. The van der Waals surface area contributed by atoms with Gasteiger partial charge in [-0.05, 0) is 74.7 Å². The van der Waals surface area contributed by atoms with Crippen LogP contribution in [0, 0.1) is 20.8 Å². The van der Waals surface area contributed by atoms with Gasteiger partial charge in [0, 0.05) is 12.6 Å². The molecule has 0 heterocycles. The number of sulfonamides is 1. The summed E-state index contributed by atoms with van der Waals surface area (Å²) in [6, 6.07) is 19.2. The van der Waals surface area contributed by atoms with Gasteiger partial charge in [0.15, 0.2) is 0 Å². The van der Waals surface area contributed by atoms with Gasteiger partial charge in [0.1, 0.15) is 0 Å². The summed E-state index contributed by atoms with van der Waals surface area (Å²) in [6.45, 7) is 7.93. The minimum absolute atomic E-state index is 0.0714. The third-order valence-electron chi connectivity index (χ3n) is 5.53. The molecule has 3 rings (SSSR count). The van der Waals surface area contributed by atoms with Crippen molar-refractivity contribution in [3.8, 4) is 0 Å². The molecular formula is C25H28N2O3S. The minimum Gasteiger partial charge on any atom is -0.346 e. The molecule has 1 N–H and O–H groups in total. The maximum absolute atomic E-state index is 13.1. The standard InChI is InChI=1S/C25H28N2O3S/c1-17-9-13-23(14-10-17)27(5)31(29,30)24-8-6-7-22(16-24)25(28)26-20(4)21-12-11-18(2)19(3)15-21/h6-16,20H,1-5H3,(H,26,28)/t20-/m1/s1. The second-order valence-electron chi connectivity index (χ2n) is 7.87. The lowest BCUT2D eigenvalue weighted by Gasteiger charge is -2.20. The lowest BCUT2D eigenvalue weighted by Crippen LogP contribution is -2.28. The zero-order valence-corrected chi connectivity index (χ0v) is 19.3. The second kappa shape index (κ2) is 8.94. The van der Waals surface area contributed by atoms with Gasteiger partial charge in [-0.25, -0.2) is 8.42 Å². The van der Waals surface area contributed by atoms with Gasteiger partial charge in [-0.3, -0.25) is 9.10 Å². The molecule has 1 amide bonds. The number of nitrogens with zero attached hydrogens (tertiary/aromatic N) is 1. The molecule has 1 atom stereocenters. The highest BCUT2D eigenvalue weighted by Crippen LogP contribution is 2.23. The van der Waals surface area contributed by atoms with Crippen molar-refractivity contribution in [1.29, 1.82) is 0 Å². The van der Waals surface area contributed by atoms with Crippen LogP contribution in [-0.4, -0.2) is 21.4 Å². The van der Waals surface area contributed by atoms with Gasteiger partial charge < -0.3 is 5.32 Å². The number of carbonyl (C=O) groups excluding carboxylic acids is 1. The fourth-order valence-electron chi connectivity index (χ4n) is 3.25. The Morgan fingerprint density at radius 1 is 0.903 bits per heavy atom. The molecule has 0 saturated heterocycles. The Balaban J connectivity index is 1.82. The van der Waals surface area contributed by atoms with E-state index in [1.807, 2.05) is 52.0 Å². The summed E-state index contributed by atoms with van der Waals surface area (Å²) in [7, 11) is -2.29. The highest BCUT2D eigenvalue weighted by molar-refractivity contribution is 7.92. The number of anilines is 1. The number of benzene rings is 3. The molecule has 0 unspecified atom stereocenters. The SMILES string of the molecule is Cc1ccc(N(C)S(=O)(=O)c2cccc(C(=O)N[C@H](C)c3ccc(C)c(C)c3)c2)cc1. The molecule has 0 spiro atoms. The van der Waals surface area contributed by atoms with E-state index < -0.39 is 10.0 Å². The molecule has 0 saturated carbocycles. The van der Waals surface area contributed by atoms with E-state index in [9.17, 15) is 13.2 Å². The fraction of sp³-hybridized carbons (Fsp3) is 0.240. The summed E-state index contributed by atoms with van der Waals surface area (Å²) in [5.41, 5.74) is 5.26. The number of carbonyl (C=O) groups is 1. The van der Waals surface area contributed by atoms with Crippen LogP contribution in [0.1, 0.15) is 45.6 Å². The van der Waals surface area contributed by atoms with E-state index in [0.717, 1.165) is 16.7 Å². The molecule has 162 valence electrons. The molecule has 0 bridgehead atoms. The topological polar surface area (TPSA) is 66.5 Å². The normalized spacial score (nSPS) is 12.3. The summed E-state index contributed by atoms with van der Waals surface area (Å²) in [5, 5.41) is 2.96. The molecule has 0 aromatic heterocycles. The van der Waals surface area contributed by atoms with E-state index in [2.05, 4.69) is 11.4 Å². The first-order valence-corrected chi connectivity index (χ1v) is 11.6. The van der Waals surface area contributed by atoms with Crippen molar-refractivity contribution in [2.24, 2.45) is 0 Å². The maximum Gasteiger partial charge on any atom is 0.264 e. The van der Waals surface area contributed by atoms with Crippen LogP contribution < -0.4 is 9.62 Å². The van der Waals surface area contributed by atoms with Gasteiger partial charge in [-0.1, -0.05) is 42.0 Å². The van der Waals surface area contributed by atoms with Crippen molar-refractivity contribution in [2.45, 2.75) is 38.6 Å². The summed E-state index contributed by atoms with van der Waals surface area (Å²) < 4.78 is 27.4. The Morgan fingerprint density at radius 3 is 2.23 bits per heavy atom. The quantitative estimate of drug-likeness (QED) is 0.596. The number of hydrogen-bond donors (Lipinski definition) is 1. The number of hydrogen-bond acceptors (Lipinski definition) is 3. The van der Waals surface area contributed by atoms with Crippen LogP contribution in [0.4, 0.5) is 5.69 Å². The molecule has 31 heavy (non-hydrogen) atoms. The third kappa shape index (κ3) is 4.97. The van der Waals surface area contributed by atoms with Crippen LogP contribution in [0.3, 0.4) is 0 Å². The Labute approximate surface area is 184 Å². The second-order valence-corrected chi connectivity index (χ2v) is 9.84. The highest BCUT2D eigenvalue weighted by Gasteiger charge is 2.23. The van der Waals surface area contributed by atoms with Gasteiger partial charge >= 0.3 is 0 Å². The summed E-state index contributed by atoms with van der Waals surface area (Å²) in [5.74, 6) is -0.319. The van der Waals surface area contributed by atoms with Crippen molar-refractivity contribution in [3.63, 3.8) is 0 Å². The van der Waals surface area contributed by atoms with Crippen molar-refractivity contribution in [3.05, 3.63) is 94.5 Å². The average molecular weight is 437 g/mol. The molecule has 6 heteroatoms. The average Bonchev–Trinajstić information content (AvgIpc) is 2.75. The van der Waals surface area contributed by atoms with Crippen molar-refractivity contribution in [2.75, 3.05) is 11.4 Å². The first kappa shape index (κ1) is 22.6. The van der Waals surface area contributed by atoms with E-state index in [-0.39, 0.29) is 16.8 Å². The van der Waals surface area contributed by atoms with E-state index >= 15 is 0 Å². The summed E-state index contributed by atoms with van der Waals surface area (Å²) in [6.07, 6.45) is 0. The monoisotopic (exact) mass is 436 g/mol. The van der Waals surface area contributed by atoms with Gasteiger partial charge in [0.05, 0.1) is 16.6 Å². The third-order valence-corrected chi connectivity index (χ3v) is 7.31. The largest absolute Gasteiger partial charge is 0.346 e. The minimum atomic E-state index is -3.80. The number of rotatable bonds is 6. The number of amides is 1. The Bertz CT molecular complexity index is 1200. The lowest BCUT2D eigenvalue weighted by molar-refractivity contribution is 0.0939. The Morgan fingerprint density at radius 2 is 1.58 bits per heavy atom. The first-order chi connectivity index (χ1) is 14.6. The molecule has 0 aliphatic heterocycles. The van der Waals surface area contributed by atoms with Crippen molar-refractivity contribution in [1.82, 2.24) is 5.32 Å². The predicted octanol–water partition coefficient (Wildman–Crippen LogP) is 4.93. The smallest absolute Gasteiger partial charge is 0.264 e.